The molecule has 1 heterocycles. The Hall–Kier alpha value is -0.900. The molecular formula is C12H21N3O. The molecule has 0 amide bonds. The van der Waals surface area contributed by atoms with Gasteiger partial charge in [0.05, 0.1) is 23.5 Å². The second-order valence-electron chi connectivity index (χ2n) is 4.96. The third-order valence-electron chi connectivity index (χ3n) is 3.57. The largest absolute Gasteiger partial charge is 0.391 e. The van der Waals surface area contributed by atoms with Crippen LogP contribution in [0.4, 0.5) is 0 Å². The van der Waals surface area contributed by atoms with Crippen LogP contribution in [0.15, 0.2) is 0 Å². The molecule has 1 aromatic rings. The number of aliphatic hydroxyl groups excluding tert-OH is 1. The van der Waals surface area contributed by atoms with Gasteiger partial charge in [-0.3, -0.25) is 0 Å². The van der Waals surface area contributed by atoms with E-state index in [-0.39, 0.29) is 12.1 Å². The summed E-state index contributed by atoms with van der Waals surface area (Å²) in [5.74, 6) is 0.657. The summed E-state index contributed by atoms with van der Waals surface area (Å²) in [6.45, 7) is 6.30. The Balaban J connectivity index is 2.21. The summed E-state index contributed by atoms with van der Waals surface area (Å²) in [4.78, 5) is 1.74. The molecule has 1 fully saturated rings. The number of rotatable bonds is 2. The van der Waals surface area contributed by atoms with E-state index in [0.717, 1.165) is 37.1 Å². The molecule has 1 aliphatic carbocycles. The lowest BCUT2D eigenvalue weighted by Gasteiger charge is -2.30. The van der Waals surface area contributed by atoms with Crippen molar-refractivity contribution in [3.05, 3.63) is 11.4 Å². The molecule has 3 unspecified atom stereocenters. The van der Waals surface area contributed by atoms with Gasteiger partial charge in [0.1, 0.15) is 0 Å². The number of hydrogen-bond donors (Lipinski definition) is 1. The Morgan fingerprint density at radius 1 is 1.38 bits per heavy atom. The van der Waals surface area contributed by atoms with Gasteiger partial charge in [0.25, 0.3) is 0 Å². The van der Waals surface area contributed by atoms with Crippen LogP contribution in [0.2, 0.25) is 0 Å². The van der Waals surface area contributed by atoms with Crippen LogP contribution in [0.5, 0.6) is 0 Å². The third kappa shape index (κ3) is 2.12. The second-order valence-corrected chi connectivity index (χ2v) is 4.96. The van der Waals surface area contributed by atoms with Crippen molar-refractivity contribution in [3.63, 3.8) is 0 Å². The Morgan fingerprint density at radius 3 is 2.75 bits per heavy atom. The summed E-state index contributed by atoms with van der Waals surface area (Å²) in [6, 6.07) is 0.0720. The van der Waals surface area contributed by atoms with Crippen LogP contribution in [0, 0.1) is 12.8 Å². The molecule has 0 bridgehead atoms. The van der Waals surface area contributed by atoms with Crippen molar-refractivity contribution in [3.8, 4) is 0 Å². The first-order chi connectivity index (χ1) is 7.61. The van der Waals surface area contributed by atoms with E-state index in [0.29, 0.717) is 5.92 Å². The molecule has 4 nitrogen and oxygen atoms in total. The highest BCUT2D eigenvalue weighted by atomic mass is 16.3. The van der Waals surface area contributed by atoms with E-state index in [2.05, 4.69) is 24.0 Å². The monoisotopic (exact) mass is 223 g/mol. The maximum Gasteiger partial charge on any atom is 0.0977 e. The van der Waals surface area contributed by atoms with Gasteiger partial charge < -0.3 is 5.11 Å². The summed E-state index contributed by atoms with van der Waals surface area (Å²) < 4.78 is 0. The van der Waals surface area contributed by atoms with E-state index in [1.165, 1.54) is 0 Å². The van der Waals surface area contributed by atoms with Crippen LogP contribution in [-0.4, -0.2) is 26.2 Å². The lowest BCUT2D eigenvalue weighted by molar-refractivity contribution is 0.0447. The Labute approximate surface area is 96.7 Å². The molecule has 0 aliphatic heterocycles. The molecule has 4 heteroatoms. The van der Waals surface area contributed by atoms with E-state index >= 15 is 0 Å². The van der Waals surface area contributed by atoms with Gasteiger partial charge in [0, 0.05) is 0 Å². The predicted molar refractivity (Wildman–Crippen MR) is 62.2 cm³/mol. The maximum atomic E-state index is 10.0. The molecule has 90 valence electrons. The van der Waals surface area contributed by atoms with E-state index in [4.69, 9.17) is 0 Å². The summed E-state index contributed by atoms with van der Waals surface area (Å²) in [6.07, 6.45) is 3.59. The smallest absolute Gasteiger partial charge is 0.0977 e. The average Bonchev–Trinajstić information content (AvgIpc) is 2.63. The summed E-state index contributed by atoms with van der Waals surface area (Å²) in [5, 5.41) is 18.9. The Bertz CT molecular complexity index is 361. The molecule has 1 N–H and O–H groups in total. The molecule has 16 heavy (non-hydrogen) atoms. The van der Waals surface area contributed by atoms with Crippen LogP contribution in [0.3, 0.4) is 0 Å². The lowest BCUT2D eigenvalue weighted by atomic mass is 9.85. The van der Waals surface area contributed by atoms with Crippen molar-refractivity contribution in [2.75, 3.05) is 0 Å². The molecule has 0 spiro atoms. The summed E-state index contributed by atoms with van der Waals surface area (Å²) >= 11 is 0. The van der Waals surface area contributed by atoms with Gasteiger partial charge in [-0.15, -0.1) is 0 Å². The van der Waals surface area contributed by atoms with Crippen molar-refractivity contribution in [1.29, 1.82) is 0 Å². The highest BCUT2D eigenvalue weighted by Gasteiger charge is 2.30. The van der Waals surface area contributed by atoms with Crippen molar-refractivity contribution in [1.82, 2.24) is 15.0 Å². The van der Waals surface area contributed by atoms with E-state index in [9.17, 15) is 5.11 Å². The molecule has 3 atom stereocenters. The summed E-state index contributed by atoms with van der Waals surface area (Å²) in [5.41, 5.74) is 2.04. The SMILES string of the molecule is CCc1nn(C2CC(C)CCC2O)nc1C. The first kappa shape index (κ1) is 11.6. The zero-order valence-corrected chi connectivity index (χ0v) is 10.3. The topological polar surface area (TPSA) is 50.9 Å². The highest BCUT2D eigenvalue weighted by molar-refractivity contribution is 5.06. The predicted octanol–water partition coefficient (Wildman–Crippen LogP) is 1.87. The van der Waals surface area contributed by atoms with Crippen molar-refractivity contribution < 1.29 is 5.11 Å². The van der Waals surface area contributed by atoms with Crippen molar-refractivity contribution in [2.45, 2.75) is 58.6 Å². The zero-order chi connectivity index (χ0) is 11.7. The van der Waals surface area contributed by atoms with Gasteiger partial charge in [0.2, 0.25) is 0 Å². The number of aryl methyl sites for hydroxylation is 2. The average molecular weight is 223 g/mol. The molecule has 0 saturated heterocycles. The van der Waals surface area contributed by atoms with Crippen LogP contribution >= 0.6 is 0 Å². The minimum absolute atomic E-state index is 0.0720. The van der Waals surface area contributed by atoms with Crippen LogP contribution in [0.25, 0.3) is 0 Å². The fourth-order valence-electron chi connectivity index (χ4n) is 2.49. The first-order valence-electron chi connectivity index (χ1n) is 6.22. The molecular weight excluding hydrogens is 202 g/mol. The van der Waals surface area contributed by atoms with Gasteiger partial charge in [-0.25, -0.2) is 0 Å². The number of hydrogen-bond acceptors (Lipinski definition) is 3. The normalized spacial score (nSPS) is 30.6. The van der Waals surface area contributed by atoms with Gasteiger partial charge in [-0.05, 0) is 38.5 Å². The van der Waals surface area contributed by atoms with Crippen molar-refractivity contribution in [2.24, 2.45) is 5.92 Å². The molecule has 2 rings (SSSR count). The zero-order valence-electron chi connectivity index (χ0n) is 10.3. The minimum Gasteiger partial charge on any atom is -0.391 e. The fraction of sp³-hybridized carbons (Fsp3) is 0.833. The lowest BCUT2D eigenvalue weighted by Crippen LogP contribution is -2.32. The Kier molecular flexibility index (Phi) is 3.28. The summed E-state index contributed by atoms with van der Waals surface area (Å²) in [7, 11) is 0. The maximum absolute atomic E-state index is 10.0. The standard InChI is InChI=1S/C12H21N3O/c1-4-10-9(3)13-15(14-10)11-7-8(2)5-6-12(11)16/h8,11-12,16H,4-7H2,1-3H3. The minimum atomic E-state index is -0.285. The van der Waals surface area contributed by atoms with Gasteiger partial charge in [-0.1, -0.05) is 13.8 Å². The highest BCUT2D eigenvalue weighted by Crippen LogP contribution is 2.31. The third-order valence-corrected chi connectivity index (χ3v) is 3.57. The number of aliphatic hydroxyl groups is 1. The molecule has 1 aliphatic rings. The van der Waals surface area contributed by atoms with Crippen LogP contribution < -0.4 is 0 Å². The van der Waals surface area contributed by atoms with Gasteiger partial charge in [-0.2, -0.15) is 15.0 Å². The first-order valence-corrected chi connectivity index (χ1v) is 6.22. The van der Waals surface area contributed by atoms with Gasteiger partial charge >= 0.3 is 0 Å². The van der Waals surface area contributed by atoms with Gasteiger partial charge in [0.15, 0.2) is 0 Å². The Morgan fingerprint density at radius 2 is 2.12 bits per heavy atom. The second kappa shape index (κ2) is 4.53. The molecule has 0 aromatic carbocycles. The van der Waals surface area contributed by atoms with Crippen molar-refractivity contribution >= 4 is 0 Å². The molecule has 1 aromatic heterocycles. The number of aromatic nitrogens is 3. The molecule has 0 radical (unpaired) electrons. The quantitative estimate of drug-likeness (QED) is 0.832. The fourth-order valence-corrected chi connectivity index (χ4v) is 2.49. The molecule has 1 saturated carbocycles. The van der Waals surface area contributed by atoms with Crippen LogP contribution in [-0.2, 0) is 6.42 Å². The number of nitrogens with zero attached hydrogens (tertiary/aromatic N) is 3. The van der Waals surface area contributed by atoms with E-state index < -0.39 is 0 Å². The van der Waals surface area contributed by atoms with E-state index in [1.807, 2.05) is 6.92 Å². The van der Waals surface area contributed by atoms with Crippen LogP contribution in [0.1, 0.15) is 50.5 Å². The van der Waals surface area contributed by atoms with E-state index in [1.54, 1.807) is 4.80 Å².